The van der Waals surface area contributed by atoms with E-state index in [9.17, 15) is 9.18 Å². The predicted molar refractivity (Wildman–Crippen MR) is 58.5 cm³/mol. The SMILES string of the molecule is O=C(NCC1CCCC1)c1cccnc1F. The Balaban J connectivity index is 1.90. The Bertz CT molecular complexity index is 375. The second-order valence-electron chi connectivity index (χ2n) is 4.20. The van der Waals surface area contributed by atoms with Gasteiger partial charge < -0.3 is 5.32 Å². The van der Waals surface area contributed by atoms with Crippen LogP contribution in [0.3, 0.4) is 0 Å². The molecular weight excluding hydrogens is 207 g/mol. The molecule has 1 aromatic rings. The second kappa shape index (κ2) is 5.05. The maximum atomic E-state index is 13.2. The highest BCUT2D eigenvalue weighted by molar-refractivity contribution is 5.94. The van der Waals surface area contributed by atoms with Gasteiger partial charge in [-0.05, 0) is 30.9 Å². The normalized spacial score (nSPS) is 16.3. The Morgan fingerprint density at radius 2 is 2.25 bits per heavy atom. The van der Waals surface area contributed by atoms with Crippen LogP contribution in [0.15, 0.2) is 18.3 Å². The van der Waals surface area contributed by atoms with E-state index in [4.69, 9.17) is 0 Å². The molecule has 0 bridgehead atoms. The minimum Gasteiger partial charge on any atom is -0.352 e. The number of halogens is 1. The van der Waals surface area contributed by atoms with Gasteiger partial charge in [0.1, 0.15) is 0 Å². The third kappa shape index (κ3) is 2.56. The van der Waals surface area contributed by atoms with Crippen LogP contribution in [0, 0.1) is 11.9 Å². The van der Waals surface area contributed by atoms with Crippen molar-refractivity contribution in [1.29, 1.82) is 0 Å². The second-order valence-corrected chi connectivity index (χ2v) is 4.20. The molecule has 0 aliphatic heterocycles. The molecule has 16 heavy (non-hydrogen) atoms. The van der Waals surface area contributed by atoms with E-state index in [0.29, 0.717) is 12.5 Å². The highest BCUT2D eigenvalue weighted by Gasteiger charge is 2.17. The van der Waals surface area contributed by atoms with Crippen LogP contribution in [-0.4, -0.2) is 17.4 Å². The fourth-order valence-electron chi connectivity index (χ4n) is 2.10. The Labute approximate surface area is 94.1 Å². The van der Waals surface area contributed by atoms with Gasteiger partial charge in [0.05, 0.1) is 5.56 Å². The molecule has 1 aromatic heterocycles. The van der Waals surface area contributed by atoms with Crippen molar-refractivity contribution < 1.29 is 9.18 Å². The maximum Gasteiger partial charge on any atom is 0.255 e. The van der Waals surface area contributed by atoms with Gasteiger partial charge in [-0.25, -0.2) is 4.98 Å². The lowest BCUT2D eigenvalue weighted by Crippen LogP contribution is -2.29. The number of carbonyl (C=O) groups excluding carboxylic acids is 1. The highest BCUT2D eigenvalue weighted by atomic mass is 19.1. The van der Waals surface area contributed by atoms with Crippen molar-refractivity contribution >= 4 is 5.91 Å². The number of aromatic nitrogens is 1. The molecule has 0 radical (unpaired) electrons. The van der Waals surface area contributed by atoms with Crippen LogP contribution in [0.5, 0.6) is 0 Å². The number of hydrogen-bond acceptors (Lipinski definition) is 2. The van der Waals surface area contributed by atoms with Gasteiger partial charge in [0, 0.05) is 12.7 Å². The van der Waals surface area contributed by atoms with Crippen LogP contribution < -0.4 is 5.32 Å². The van der Waals surface area contributed by atoms with Gasteiger partial charge in [0.2, 0.25) is 5.95 Å². The van der Waals surface area contributed by atoms with Crippen LogP contribution in [-0.2, 0) is 0 Å². The average Bonchev–Trinajstić information content (AvgIpc) is 2.79. The van der Waals surface area contributed by atoms with Gasteiger partial charge in [-0.2, -0.15) is 4.39 Å². The fraction of sp³-hybridized carbons (Fsp3) is 0.500. The summed E-state index contributed by atoms with van der Waals surface area (Å²) >= 11 is 0. The first kappa shape index (κ1) is 11.0. The molecule has 4 heteroatoms. The molecule has 1 heterocycles. The van der Waals surface area contributed by atoms with Crippen molar-refractivity contribution in [2.75, 3.05) is 6.54 Å². The van der Waals surface area contributed by atoms with Crippen LogP contribution in [0.2, 0.25) is 0 Å². The molecule has 3 nitrogen and oxygen atoms in total. The quantitative estimate of drug-likeness (QED) is 0.796. The van der Waals surface area contributed by atoms with Crippen LogP contribution in [0.1, 0.15) is 36.0 Å². The van der Waals surface area contributed by atoms with Crippen LogP contribution >= 0.6 is 0 Å². The van der Waals surface area contributed by atoms with E-state index in [-0.39, 0.29) is 11.5 Å². The average molecular weight is 222 g/mol. The number of nitrogens with zero attached hydrogens (tertiary/aromatic N) is 1. The molecule has 0 spiro atoms. The van der Waals surface area contributed by atoms with Crippen molar-refractivity contribution in [1.82, 2.24) is 10.3 Å². The van der Waals surface area contributed by atoms with Gasteiger partial charge in [-0.1, -0.05) is 12.8 Å². The third-order valence-corrected chi connectivity index (χ3v) is 3.03. The fourth-order valence-corrected chi connectivity index (χ4v) is 2.10. The van der Waals surface area contributed by atoms with E-state index >= 15 is 0 Å². The van der Waals surface area contributed by atoms with E-state index in [1.165, 1.54) is 25.1 Å². The van der Waals surface area contributed by atoms with E-state index in [2.05, 4.69) is 10.3 Å². The van der Waals surface area contributed by atoms with E-state index in [0.717, 1.165) is 12.8 Å². The standard InChI is InChI=1S/C12H15FN2O/c13-11-10(6-3-7-14-11)12(16)15-8-9-4-1-2-5-9/h3,6-7,9H,1-2,4-5,8H2,(H,15,16). The molecule has 86 valence electrons. The highest BCUT2D eigenvalue weighted by Crippen LogP contribution is 2.23. The lowest BCUT2D eigenvalue weighted by molar-refractivity contribution is 0.0942. The van der Waals surface area contributed by atoms with Crippen molar-refractivity contribution in [3.8, 4) is 0 Å². The molecule has 0 saturated heterocycles. The molecule has 1 saturated carbocycles. The summed E-state index contributed by atoms with van der Waals surface area (Å²) in [6, 6.07) is 3.01. The lowest BCUT2D eigenvalue weighted by atomic mass is 10.1. The Hall–Kier alpha value is -1.45. The van der Waals surface area contributed by atoms with Crippen LogP contribution in [0.4, 0.5) is 4.39 Å². The van der Waals surface area contributed by atoms with Crippen molar-refractivity contribution in [2.24, 2.45) is 5.92 Å². The Kier molecular flexibility index (Phi) is 3.49. The number of pyridine rings is 1. The van der Waals surface area contributed by atoms with Crippen LogP contribution in [0.25, 0.3) is 0 Å². The first-order valence-corrected chi connectivity index (χ1v) is 5.66. The molecule has 0 unspecified atom stereocenters. The molecule has 1 amide bonds. The minimum absolute atomic E-state index is 0.0282. The summed E-state index contributed by atoms with van der Waals surface area (Å²) in [4.78, 5) is 15.1. The molecule has 0 atom stereocenters. The summed E-state index contributed by atoms with van der Waals surface area (Å²) in [5.74, 6) is -0.507. The number of amides is 1. The van der Waals surface area contributed by atoms with Crippen molar-refractivity contribution in [2.45, 2.75) is 25.7 Å². The maximum absolute atomic E-state index is 13.2. The summed E-state index contributed by atoms with van der Waals surface area (Å²) in [6.45, 7) is 0.646. The van der Waals surface area contributed by atoms with Gasteiger partial charge in [-0.15, -0.1) is 0 Å². The third-order valence-electron chi connectivity index (χ3n) is 3.03. The molecule has 1 aliphatic rings. The monoisotopic (exact) mass is 222 g/mol. The molecule has 1 N–H and O–H groups in total. The first-order chi connectivity index (χ1) is 7.77. The zero-order valence-corrected chi connectivity index (χ0v) is 9.08. The molecule has 2 rings (SSSR count). The lowest BCUT2D eigenvalue weighted by Gasteiger charge is -2.10. The van der Waals surface area contributed by atoms with Gasteiger partial charge in [0.15, 0.2) is 0 Å². The summed E-state index contributed by atoms with van der Waals surface area (Å²) in [6.07, 6.45) is 6.14. The van der Waals surface area contributed by atoms with Gasteiger partial charge in [0.25, 0.3) is 5.91 Å². The van der Waals surface area contributed by atoms with E-state index in [1.54, 1.807) is 6.07 Å². The van der Waals surface area contributed by atoms with Crippen molar-refractivity contribution in [3.63, 3.8) is 0 Å². The van der Waals surface area contributed by atoms with Gasteiger partial charge in [-0.3, -0.25) is 4.79 Å². The van der Waals surface area contributed by atoms with Gasteiger partial charge >= 0.3 is 0 Å². The first-order valence-electron chi connectivity index (χ1n) is 5.66. The summed E-state index contributed by atoms with van der Waals surface area (Å²) in [5.41, 5.74) is 0.0282. The largest absolute Gasteiger partial charge is 0.352 e. The number of hydrogen-bond donors (Lipinski definition) is 1. The zero-order chi connectivity index (χ0) is 11.4. The smallest absolute Gasteiger partial charge is 0.255 e. The number of rotatable bonds is 3. The Morgan fingerprint density at radius 1 is 1.50 bits per heavy atom. The minimum atomic E-state index is -0.702. The summed E-state index contributed by atoms with van der Waals surface area (Å²) < 4.78 is 13.2. The molecule has 0 aromatic carbocycles. The van der Waals surface area contributed by atoms with Crippen molar-refractivity contribution in [3.05, 3.63) is 29.8 Å². The predicted octanol–water partition coefficient (Wildman–Crippen LogP) is 2.14. The molecule has 1 fully saturated rings. The number of carbonyl (C=O) groups is 1. The summed E-state index contributed by atoms with van der Waals surface area (Å²) in [7, 11) is 0. The molecule has 1 aliphatic carbocycles. The molecular formula is C12H15FN2O. The summed E-state index contributed by atoms with van der Waals surface area (Å²) in [5, 5.41) is 2.76. The number of nitrogens with one attached hydrogen (secondary N) is 1. The van der Waals surface area contributed by atoms with E-state index in [1.807, 2.05) is 0 Å². The van der Waals surface area contributed by atoms with E-state index < -0.39 is 5.95 Å². The zero-order valence-electron chi connectivity index (χ0n) is 9.08. The Morgan fingerprint density at radius 3 is 2.94 bits per heavy atom. The topological polar surface area (TPSA) is 42.0 Å².